The molecule has 0 radical (unpaired) electrons. The highest BCUT2D eigenvalue weighted by atomic mass is 16.4. The molecule has 0 spiro atoms. The fourth-order valence-corrected chi connectivity index (χ4v) is 2.28. The van der Waals surface area contributed by atoms with Gasteiger partial charge in [-0.1, -0.05) is 6.07 Å². The Bertz CT molecular complexity index is 532. The third kappa shape index (κ3) is 3.07. The summed E-state index contributed by atoms with van der Waals surface area (Å²) in [6.45, 7) is 4.63. The van der Waals surface area contributed by atoms with Crippen LogP contribution in [0.5, 0.6) is 0 Å². The van der Waals surface area contributed by atoms with Crippen molar-refractivity contribution in [3.63, 3.8) is 0 Å². The van der Waals surface area contributed by atoms with E-state index in [1.807, 2.05) is 25.1 Å². The van der Waals surface area contributed by atoms with Gasteiger partial charge in [-0.05, 0) is 32.4 Å². The highest BCUT2D eigenvalue weighted by Gasteiger charge is 2.42. The summed E-state index contributed by atoms with van der Waals surface area (Å²) in [6.07, 6.45) is 0.485. The van der Waals surface area contributed by atoms with Crippen molar-refractivity contribution in [1.29, 1.82) is 0 Å². The van der Waals surface area contributed by atoms with Crippen LogP contribution in [-0.4, -0.2) is 40.1 Å². The molecule has 6 nitrogen and oxygen atoms in total. The molecule has 2 amide bonds. The highest BCUT2D eigenvalue weighted by Crippen LogP contribution is 2.29. The molecule has 0 aromatic carbocycles. The SMILES string of the molecule is Cc1cccc(CNC(=O)N2CCC(C)(C(=O)O)C2)n1. The molecule has 0 bridgehead atoms. The Morgan fingerprint density at radius 2 is 2.25 bits per heavy atom. The number of aryl methyl sites for hydroxylation is 1. The van der Waals surface area contributed by atoms with Gasteiger partial charge in [0.2, 0.25) is 0 Å². The molecule has 108 valence electrons. The number of aliphatic carboxylic acids is 1. The van der Waals surface area contributed by atoms with E-state index >= 15 is 0 Å². The second-order valence-electron chi connectivity index (χ2n) is 5.47. The number of carbonyl (C=O) groups excluding carboxylic acids is 1. The lowest BCUT2D eigenvalue weighted by Gasteiger charge is -2.20. The Morgan fingerprint density at radius 1 is 1.50 bits per heavy atom. The van der Waals surface area contributed by atoms with Crippen LogP contribution in [0.4, 0.5) is 4.79 Å². The van der Waals surface area contributed by atoms with Crippen molar-refractivity contribution < 1.29 is 14.7 Å². The molecule has 1 aliphatic heterocycles. The summed E-state index contributed by atoms with van der Waals surface area (Å²) in [5, 5.41) is 11.9. The molecule has 2 rings (SSSR count). The molecular formula is C14H19N3O3. The van der Waals surface area contributed by atoms with Gasteiger partial charge in [0.15, 0.2) is 0 Å². The Balaban J connectivity index is 1.89. The summed E-state index contributed by atoms with van der Waals surface area (Å²) in [5.41, 5.74) is 0.855. The predicted molar refractivity (Wildman–Crippen MR) is 73.1 cm³/mol. The number of aromatic nitrogens is 1. The van der Waals surface area contributed by atoms with Crippen LogP contribution in [0.1, 0.15) is 24.7 Å². The topological polar surface area (TPSA) is 82.5 Å². The number of urea groups is 1. The first-order chi connectivity index (χ1) is 9.40. The number of carbonyl (C=O) groups is 2. The van der Waals surface area contributed by atoms with E-state index in [-0.39, 0.29) is 12.6 Å². The number of rotatable bonds is 3. The van der Waals surface area contributed by atoms with E-state index in [0.717, 1.165) is 11.4 Å². The monoisotopic (exact) mass is 277 g/mol. The quantitative estimate of drug-likeness (QED) is 0.874. The number of likely N-dealkylation sites (tertiary alicyclic amines) is 1. The first kappa shape index (κ1) is 14.3. The van der Waals surface area contributed by atoms with E-state index in [4.69, 9.17) is 5.11 Å². The van der Waals surface area contributed by atoms with E-state index in [1.54, 1.807) is 11.8 Å². The van der Waals surface area contributed by atoms with Crippen molar-refractivity contribution in [3.05, 3.63) is 29.6 Å². The third-order valence-electron chi connectivity index (χ3n) is 3.64. The van der Waals surface area contributed by atoms with Gasteiger partial charge < -0.3 is 15.3 Å². The molecule has 0 aliphatic carbocycles. The van der Waals surface area contributed by atoms with Crippen molar-refractivity contribution in [2.45, 2.75) is 26.8 Å². The number of hydrogen-bond donors (Lipinski definition) is 2. The zero-order valence-electron chi connectivity index (χ0n) is 11.7. The fraction of sp³-hybridized carbons (Fsp3) is 0.500. The average Bonchev–Trinajstić information content (AvgIpc) is 2.80. The summed E-state index contributed by atoms with van der Waals surface area (Å²) in [7, 11) is 0. The smallest absolute Gasteiger partial charge is 0.317 e. The first-order valence-corrected chi connectivity index (χ1v) is 6.59. The van der Waals surface area contributed by atoms with Gasteiger partial charge in [0, 0.05) is 18.8 Å². The first-order valence-electron chi connectivity index (χ1n) is 6.59. The van der Waals surface area contributed by atoms with Crippen LogP contribution in [0.2, 0.25) is 0 Å². The largest absolute Gasteiger partial charge is 0.481 e. The van der Waals surface area contributed by atoms with Gasteiger partial charge in [-0.2, -0.15) is 0 Å². The van der Waals surface area contributed by atoms with Gasteiger partial charge in [0.25, 0.3) is 0 Å². The van der Waals surface area contributed by atoms with Crippen LogP contribution in [0.3, 0.4) is 0 Å². The molecule has 1 saturated heterocycles. The predicted octanol–water partition coefficient (Wildman–Crippen LogP) is 1.40. The van der Waals surface area contributed by atoms with Crippen LogP contribution in [-0.2, 0) is 11.3 Å². The van der Waals surface area contributed by atoms with Gasteiger partial charge in [0.05, 0.1) is 17.7 Å². The zero-order chi connectivity index (χ0) is 14.8. The maximum Gasteiger partial charge on any atom is 0.317 e. The van der Waals surface area contributed by atoms with Gasteiger partial charge >= 0.3 is 12.0 Å². The minimum absolute atomic E-state index is 0.238. The average molecular weight is 277 g/mol. The van der Waals surface area contributed by atoms with E-state index in [1.165, 1.54) is 0 Å². The number of pyridine rings is 1. The molecule has 1 fully saturated rings. The summed E-state index contributed by atoms with van der Waals surface area (Å²) in [5.74, 6) is -0.854. The van der Waals surface area contributed by atoms with Crippen LogP contribution >= 0.6 is 0 Å². The molecule has 20 heavy (non-hydrogen) atoms. The molecule has 2 N–H and O–H groups in total. The molecule has 1 aliphatic rings. The van der Waals surface area contributed by atoms with E-state index < -0.39 is 11.4 Å². The molecular weight excluding hydrogens is 258 g/mol. The molecule has 1 aromatic rings. The lowest BCUT2D eigenvalue weighted by atomic mass is 9.90. The highest BCUT2D eigenvalue weighted by molar-refractivity contribution is 5.79. The van der Waals surface area contributed by atoms with E-state index in [0.29, 0.717) is 19.5 Å². The molecule has 0 saturated carbocycles. The molecule has 1 aromatic heterocycles. The molecule has 1 unspecified atom stereocenters. The van der Waals surface area contributed by atoms with Crippen LogP contribution in [0.25, 0.3) is 0 Å². The lowest BCUT2D eigenvalue weighted by Crippen LogP contribution is -2.40. The van der Waals surface area contributed by atoms with Crippen molar-refractivity contribution in [1.82, 2.24) is 15.2 Å². The van der Waals surface area contributed by atoms with Crippen LogP contribution in [0, 0.1) is 12.3 Å². The Hall–Kier alpha value is -2.11. The summed E-state index contributed by atoms with van der Waals surface area (Å²) in [4.78, 5) is 29.0. The van der Waals surface area contributed by atoms with Crippen LogP contribution < -0.4 is 5.32 Å². The van der Waals surface area contributed by atoms with Crippen molar-refractivity contribution in [2.75, 3.05) is 13.1 Å². The Morgan fingerprint density at radius 3 is 2.85 bits per heavy atom. The normalized spacial score (nSPS) is 21.8. The van der Waals surface area contributed by atoms with Gasteiger partial charge in [-0.3, -0.25) is 9.78 Å². The second-order valence-corrected chi connectivity index (χ2v) is 5.47. The maximum absolute atomic E-state index is 12.0. The Kier molecular flexibility index (Phi) is 3.92. The van der Waals surface area contributed by atoms with Crippen molar-refractivity contribution in [3.8, 4) is 0 Å². The van der Waals surface area contributed by atoms with Crippen molar-refractivity contribution >= 4 is 12.0 Å². The number of carboxylic acid groups (broad SMARTS) is 1. The van der Waals surface area contributed by atoms with Crippen LogP contribution in [0.15, 0.2) is 18.2 Å². The van der Waals surface area contributed by atoms with E-state index in [2.05, 4.69) is 10.3 Å². The number of hydrogen-bond acceptors (Lipinski definition) is 3. The van der Waals surface area contributed by atoms with E-state index in [9.17, 15) is 9.59 Å². The number of nitrogens with zero attached hydrogens (tertiary/aromatic N) is 2. The zero-order valence-corrected chi connectivity index (χ0v) is 11.7. The summed E-state index contributed by atoms with van der Waals surface area (Å²) < 4.78 is 0. The number of nitrogens with one attached hydrogen (secondary N) is 1. The Labute approximate surface area is 117 Å². The second kappa shape index (κ2) is 5.48. The van der Waals surface area contributed by atoms with Gasteiger partial charge in [-0.15, -0.1) is 0 Å². The molecule has 6 heteroatoms. The summed E-state index contributed by atoms with van der Waals surface area (Å²) in [6, 6.07) is 5.39. The van der Waals surface area contributed by atoms with Crippen molar-refractivity contribution in [2.24, 2.45) is 5.41 Å². The minimum atomic E-state index is -0.854. The fourth-order valence-electron chi connectivity index (χ4n) is 2.28. The molecule has 1 atom stereocenters. The lowest BCUT2D eigenvalue weighted by molar-refractivity contribution is -0.146. The number of carboxylic acids is 1. The maximum atomic E-state index is 12.0. The standard InChI is InChI=1S/C14H19N3O3/c1-10-4-3-5-11(16-10)8-15-13(20)17-7-6-14(2,9-17)12(18)19/h3-5H,6-9H2,1-2H3,(H,15,20)(H,18,19). The number of amides is 2. The minimum Gasteiger partial charge on any atom is -0.481 e. The third-order valence-corrected chi connectivity index (χ3v) is 3.64. The van der Waals surface area contributed by atoms with Gasteiger partial charge in [0.1, 0.15) is 0 Å². The molecule has 2 heterocycles. The van der Waals surface area contributed by atoms with Gasteiger partial charge in [-0.25, -0.2) is 4.79 Å². The summed E-state index contributed by atoms with van der Waals surface area (Å²) >= 11 is 0.